The lowest BCUT2D eigenvalue weighted by molar-refractivity contribution is 0.0716. The van der Waals surface area contributed by atoms with Gasteiger partial charge >= 0.3 is 0 Å². The molecule has 1 aliphatic heterocycles. The van der Waals surface area contributed by atoms with E-state index >= 15 is 0 Å². The summed E-state index contributed by atoms with van der Waals surface area (Å²) in [4.78, 5) is 20.6. The number of hydrogen-bond donors (Lipinski definition) is 0. The number of rotatable bonds is 3. The molecule has 0 radical (unpaired) electrons. The summed E-state index contributed by atoms with van der Waals surface area (Å²) in [6, 6.07) is 3.96. The quantitative estimate of drug-likeness (QED) is 0.801. The standard InChI is InChI=1S/C13H18BrN3O/c1-16(2)9-11-4-3-7-17(11)13(18)10-5-6-12(14)15-8-10/h5-6,8,11H,3-4,7,9H2,1-2H3. The molecule has 0 N–H and O–H groups in total. The number of amides is 1. The van der Waals surface area contributed by atoms with Crippen LogP contribution in [0, 0.1) is 0 Å². The molecule has 1 aliphatic rings. The van der Waals surface area contributed by atoms with Crippen LogP contribution >= 0.6 is 15.9 Å². The van der Waals surface area contributed by atoms with Crippen LogP contribution in [-0.4, -0.2) is 53.9 Å². The summed E-state index contributed by atoms with van der Waals surface area (Å²) in [5.74, 6) is 0.0966. The van der Waals surface area contributed by atoms with E-state index in [1.54, 1.807) is 6.20 Å². The minimum absolute atomic E-state index is 0.0966. The summed E-state index contributed by atoms with van der Waals surface area (Å²) in [6.45, 7) is 1.78. The van der Waals surface area contributed by atoms with Crippen molar-refractivity contribution in [2.24, 2.45) is 0 Å². The molecule has 18 heavy (non-hydrogen) atoms. The fourth-order valence-corrected chi connectivity index (χ4v) is 2.62. The van der Waals surface area contributed by atoms with Crippen LogP contribution in [-0.2, 0) is 0 Å². The molecule has 4 nitrogen and oxygen atoms in total. The third-order valence-corrected chi connectivity index (χ3v) is 3.66. The van der Waals surface area contributed by atoms with Crippen molar-refractivity contribution in [2.75, 3.05) is 27.2 Å². The van der Waals surface area contributed by atoms with Gasteiger partial charge in [0.1, 0.15) is 4.60 Å². The Bertz CT molecular complexity index is 419. The molecule has 1 fully saturated rings. The van der Waals surface area contributed by atoms with Gasteiger partial charge in [-0.3, -0.25) is 4.79 Å². The molecule has 98 valence electrons. The SMILES string of the molecule is CN(C)CC1CCCN1C(=O)c1ccc(Br)nc1. The van der Waals surface area contributed by atoms with Crippen molar-refractivity contribution in [3.8, 4) is 0 Å². The third-order valence-electron chi connectivity index (χ3n) is 3.19. The Morgan fingerprint density at radius 3 is 2.94 bits per heavy atom. The number of hydrogen-bond acceptors (Lipinski definition) is 3. The summed E-state index contributed by atoms with van der Waals surface area (Å²) in [6.07, 6.45) is 3.82. The van der Waals surface area contributed by atoms with E-state index in [1.165, 1.54) is 0 Å². The van der Waals surface area contributed by atoms with Crippen LogP contribution in [0.2, 0.25) is 0 Å². The molecule has 1 amide bonds. The van der Waals surface area contributed by atoms with E-state index in [4.69, 9.17) is 0 Å². The third kappa shape index (κ3) is 3.09. The molecule has 0 aliphatic carbocycles. The summed E-state index contributed by atoms with van der Waals surface area (Å²) in [7, 11) is 4.09. The summed E-state index contributed by atoms with van der Waals surface area (Å²) in [5.41, 5.74) is 0.670. The molecule has 2 heterocycles. The van der Waals surface area contributed by atoms with Crippen LogP contribution in [0.25, 0.3) is 0 Å². The van der Waals surface area contributed by atoms with E-state index in [0.29, 0.717) is 11.6 Å². The monoisotopic (exact) mass is 311 g/mol. The normalized spacial score (nSPS) is 19.6. The number of aromatic nitrogens is 1. The van der Waals surface area contributed by atoms with E-state index in [1.807, 2.05) is 31.1 Å². The van der Waals surface area contributed by atoms with Crippen LogP contribution < -0.4 is 0 Å². The van der Waals surface area contributed by atoms with Crippen molar-refractivity contribution in [2.45, 2.75) is 18.9 Å². The summed E-state index contributed by atoms with van der Waals surface area (Å²) >= 11 is 3.28. The number of pyridine rings is 1. The second-order valence-corrected chi connectivity index (χ2v) is 5.74. The van der Waals surface area contributed by atoms with Gasteiger partial charge in [0.2, 0.25) is 0 Å². The zero-order valence-corrected chi connectivity index (χ0v) is 12.4. The number of carbonyl (C=O) groups is 1. The molecular weight excluding hydrogens is 294 g/mol. The maximum absolute atomic E-state index is 12.4. The maximum Gasteiger partial charge on any atom is 0.255 e. The first-order valence-electron chi connectivity index (χ1n) is 6.15. The van der Waals surface area contributed by atoms with Gasteiger partial charge in [-0.15, -0.1) is 0 Å². The van der Waals surface area contributed by atoms with Crippen molar-refractivity contribution < 1.29 is 4.79 Å². The van der Waals surface area contributed by atoms with Gasteiger partial charge in [0, 0.05) is 25.3 Å². The van der Waals surface area contributed by atoms with E-state index < -0.39 is 0 Å². The lowest BCUT2D eigenvalue weighted by Gasteiger charge is -2.27. The Morgan fingerprint density at radius 2 is 2.33 bits per heavy atom. The molecule has 0 saturated carbocycles. The summed E-state index contributed by atoms with van der Waals surface area (Å²) in [5, 5.41) is 0. The van der Waals surface area contributed by atoms with Gasteiger partial charge in [-0.2, -0.15) is 0 Å². The first-order chi connectivity index (χ1) is 8.58. The Kier molecular flexibility index (Phi) is 4.35. The molecule has 2 rings (SSSR count). The van der Waals surface area contributed by atoms with Crippen LogP contribution in [0.15, 0.2) is 22.9 Å². The van der Waals surface area contributed by atoms with E-state index in [9.17, 15) is 4.79 Å². The molecular formula is C13H18BrN3O. The maximum atomic E-state index is 12.4. The number of likely N-dealkylation sites (tertiary alicyclic amines) is 1. The minimum atomic E-state index is 0.0966. The van der Waals surface area contributed by atoms with Crippen molar-refractivity contribution in [3.63, 3.8) is 0 Å². The summed E-state index contributed by atoms with van der Waals surface area (Å²) < 4.78 is 0.755. The Hall–Kier alpha value is -0.940. The average molecular weight is 312 g/mol. The Labute approximate surface area is 116 Å². The molecule has 1 unspecified atom stereocenters. The molecule has 1 aromatic rings. The highest BCUT2D eigenvalue weighted by molar-refractivity contribution is 9.10. The molecule has 0 bridgehead atoms. The Morgan fingerprint density at radius 1 is 1.56 bits per heavy atom. The lowest BCUT2D eigenvalue weighted by atomic mass is 10.2. The van der Waals surface area contributed by atoms with E-state index in [0.717, 1.165) is 30.5 Å². The van der Waals surface area contributed by atoms with Gasteiger partial charge in [-0.05, 0) is 55.0 Å². The van der Waals surface area contributed by atoms with Crippen LogP contribution in [0.3, 0.4) is 0 Å². The van der Waals surface area contributed by atoms with Gasteiger partial charge in [0.15, 0.2) is 0 Å². The largest absolute Gasteiger partial charge is 0.334 e. The lowest BCUT2D eigenvalue weighted by Crippen LogP contribution is -2.41. The van der Waals surface area contributed by atoms with E-state index in [-0.39, 0.29) is 5.91 Å². The van der Waals surface area contributed by atoms with Gasteiger partial charge in [0.05, 0.1) is 5.56 Å². The zero-order valence-electron chi connectivity index (χ0n) is 10.8. The average Bonchev–Trinajstić information content (AvgIpc) is 2.76. The number of likely N-dealkylation sites (N-methyl/N-ethyl adjacent to an activating group) is 1. The van der Waals surface area contributed by atoms with Gasteiger partial charge < -0.3 is 9.80 Å². The first kappa shape index (κ1) is 13.5. The van der Waals surface area contributed by atoms with Crippen molar-refractivity contribution >= 4 is 21.8 Å². The first-order valence-corrected chi connectivity index (χ1v) is 6.94. The molecule has 0 spiro atoms. The smallest absolute Gasteiger partial charge is 0.255 e. The second kappa shape index (κ2) is 5.80. The van der Waals surface area contributed by atoms with Gasteiger partial charge in [-0.1, -0.05) is 0 Å². The number of nitrogens with zero attached hydrogens (tertiary/aromatic N) is 3. The van der Waals surface area contributed by atoms with Crippen LogP contribution in [0.4, 0.5) is 0 Å². The topological polar surface area (TPSA) is 36.4 Å². The highest BCUT2D eigenvalue weighted by Gasteiger charge is 2.29. The zero-order chi connectivity index (χ0) is 13.1. The Balaban J connectivity index is 2.10. The van der Waals surface area contributed by atoms with Gasteiger partial charge in [-0.25, -0.2) is 4.98 Å². The fraction of sp³-hybridized carbons (Fsp3) is 0.538. The predicted octanol–water partition coefficient (Wildman–Crippen LogP) is 2.01. The second-order valence-electron chi connectivity index (χ2n) is 4.93. The van der Waals surface area contributed by atoms with Crippen molar-refractivity contribution in [1.29, 1.82) is 0 Å². The molecule has 1 saturated heterocycles. The van der Waals surface area contributed by atoms with Crippen LogP contribution in [0.5, 0.6) is 0 Å². The molecule has 1 aromatic heterocycles. The minimum Gasteiger partial charge on any atom is -0.334 e. The van der Waals surface area contributed by atoms with Crippen LogP contribution in [0.1, 0.15) is 23.2 Å². The van der Waals surface area contributed by atoms with E-state index in [2.05, 4.69) is 25.8 Å². The molecule has 1 atom stereocenters. The molecule has 5 heteroatoms. The highest BCUT2D eigenvalue weighted by Crippen LogP contribution is 2.20. The fourth-order valence-electron chi connectivity index (χ4n) is 2.38. The molecule has 0 aromatic carbocycles. The predicted molar refractivity (Wildman–Crippen MR) is 74.5 cm³/mol. The van der Waals surface area contributed by atoms with Crippen molar-refractivity contribution in [1.82, 2.24) is 14.8 Å². The van der Waals surface area contributed by atoms with Crippen molar-refractivity contribution in [3.05, 3.63) is 28.5 Å². The van der Waals surface area contributed by atoms with Gasteiger partial charge in [0.25, 0.3) is 5.91 Å². The number of carbonyl (C=O) groups excluding carboxylic acids is 1. The highest BCUT2D eigenvalue weighted by atomic mass is 79.9. The number of halogens is 1.